The van der Waals surface area contributed by atoms with Gasteiger partial charge in [0.2, 0.25) is 0 Å². The average Bonchev–Trinajstić information content (AvgIpc) is 2.98. The first-order valence-electron chi connectivity index (χ1n) is 10.3. The van der Waals surface area contributed by atoms with Gasteiger partial charge in [-0.05, 0) is 68.1 Å². The number of ether oxygens (including phenoxy) is 2. The van der Waals surface area contributed by atoms with Gasteiger partial charge in [-0.3, -0.25) is 9.69 Å². The van der Waals surface area contributed by atoms with Crippen LogP contribution in [0.5, 0.6) is 5.75 Å². The summed E-state index contributed by atoms with van der Waals surface area (Å²) in [5, 5.41) is 2.89. The molecule has 2 aromatic rings. The van der Waals surface area contributed by atoms with E-state index >= 15 is 0 Å². The van der Waals surface area contributed by atoms with Crippen molar-refractivity contribution in [3.63, 3.8) is 0 Å². The van der Waals surface area contributed by atoms with E-state index in [1.807, 2.05) is 26.0 Å². The topological polar surface area (TPSA) is 84.9 Å². The molecule has 2 aromatic carbocycles. The second-order valence-corrected chi connectivity index (χ2v) is 7.92. The summed E-state index contributed by atoms with van der Waals surface area (Å²) in [7, 11) is 1.59. The molecule has 0 aliphatic carbocycles. The number of amides is 3. The lowest BCUT2D eigenvalue weighted by Gasteiger charge is -2.26. The van der Waals surface area contributed by atoms with Crippen LogP contribution in [0.2, 0.25) is 0 Å². The fourth-order valence-electron chi connectivity index (χ4n) is 3.76. The van der Waals surface area contributed by atoms with Crippen LogP contribution in [0.25, 0.3) is 0 Å². The van der Waals surface area contributed by atoms with Gasteiger partial charge in [0.05, 0.1) is 25.3 Å². The molecule has 1 fully saturated rings. The summed E-state index contributed by atoms with van der Waals surface area (Å²) in [6, 6.07) is 11.8. The summed E-state index contributed by atoms with van der Waals surface area (Å²) in [4.78, 5) is 39.3. The largest absolute Gasteiger partial charge is 0.496 e. The predicted octanol–water partition coefficient (Wildman–Crippen LogP) is 3.93. The maximum atomic E-state index is 13.4. The van der Waals surface area contributed by atoms with Crippen molar-refractivity contribution >= 4 is 17.9 Å². The van der Waals surface area contributed by atoms with E-state index in [4.69, 9.17) is 9.47 Å². The van der Waals surface area contributed by atoms with Gasteiger partial charge >= 0.3 is 12.0 Å². The monoisotopic (exact) mass is 424 g/mol. The second kappa shape index (κ2) is 8.79. The van der Waals surface area contributed by atoms with E-state index in [0.717, 1.165) is 22.4 Å². The second-order valence-electron chi connectivity index (χ2n) is 7.92. The molecule has 7 nitrogen and oxygen atoms in total. The Kier molecular flexibility index (Phi) is 6.34. The van der Waals surface area contributed by atoms with Gasteiger partial charge in [-0.25, -0.2) is 9.59 Å². The van der Waals surface area contributed by atoms with E-state index in [0.29, 0.717) is 12.0 Å². The highest BCUT2D eigenvalue weighted by atomic mass is 16.5. The zero-order chi connectivity index (χ0) is 22.8. The van der Waals surface area contributed by atoms with Crippen LogP contribution in [0.15, 0.2) is 42.5 Å². The van der Waals surface area contributed by atoms with Crippen LogP contribution < -0.4 is 10.1 Å². The molecule has 0 spiro atoms. The number of imide groups is 1. The lowest BCUT2D eigenvalue weighted by Crippen LogP contribution is -2.43. The minimum atomic E-state index is -1.12. The lowest BCUT2D eigenvalue weighted by molar-refractivity contribution is -0.132. The molecule has 31 heavy (non-hydrogen) atoms. The standard InChI is InChI=1S/C24H28N2O5/c1-6-24(19-11-12-20(30-5)16(4)13-19)22(28)26(23(29)25-24)14-17-7-9-18(10-8-17)21(27)31-15(2)3/h7-13,15H,6,14H2,1-5H3,(H,25,29). The summed E-state index contributed by atoms with van der Waals surface area (Å²) < 4.78 is 10.5. The van der Waals surface area contributed by atoms with Crippen molar-refractivity contribution in [1.29, 1.82) is 0 Å². The van der Waals surface area contributed by atoms with Gasteiger partial charge in [-0.15, -0.1) is 0 Å². The van der Waals surface area contributed by atoms with E-state index in [9.17, 15) is 14.4 Å². The number of aryl methyl sites for hydroxylation is 1. The minimum Gasteiger partial charge on any atom is -0.496 e. The first-order valence-corrected chi connectivity index (χ1v) is 10.3. The van der Waals surface area contributed by atoms with Gasteiger partial charge in [0, 0.05) is 0 Å². The zero-order valence-corrected chi connectivity index (χ0v) is 18.5. The number of rotatable bonds is 7. The molecule has 0 aromatic heterocycles. The highest BCUT2D eigenvalue weighted by Gasteiger charge is 2.51. The van der Waals surface area contributed by atoms with Crippen LogP contribution in [0.1, 0.15) is 54.2 Å². The van der Waals surface area contributed by atoms with Crippen LogP contribution in [0.3, 0.4) is 0 Å². The van der Waals surface area contributed by atoms with E-state index < -0.39 is 17.5 Å². The fraction of sp³-hybridized carbons (Fsp3) is 0.375. The van der Waals surface area contributed by atoms with Crippen molar-refractivity contribution in [2.75, 3.05) is 7.11 Å². The number of benzene rings is 2. The quantitative estimate of drug-likeness (QED) is 0.538. The van der Waals surface area contributed by atoms with E-state index in [-0.39, 0.29) is 18.6 Å². The van der Waals surface area contributed by atoms with Crippen LogP contribution in [-0.2, 0) is 21.6 Å². The first kappa shape index (κ1) is 22.3. The summed E-state index contributed by atoms with van der Waals surface area (Å²) in [5.41, 5.74) is 1.65. The van der Waals surface area contributed by atoms with Gasteiger partial charge in [0.15, 0.2) is 0 Å². The fourth-order valence-corrected chi connectivity index (χ4v) is 3.76. The van der Waals surface area contributed by atoms with Crippen LogP contribution >= 0.6 is 0 Å². The highest BCUT2D eigenvalue weighted by molar-refractivity contribution is 6.07. The Bertz CT molecular complexity index is 1000. The molecular weight excluding hydrogens is 396 g/mol. The number of hydrogen-bond acceptors (Lipinski definition) is 5. The maximum Gasteiger partial charge on any atom is 0.338 e. The average molecular weight is 424 g/mol. The van der Waals surface area contributed by atoms with Crippen molar-refractivity contribution < 1.29 is 23.9 Å². The van der Waals surface area contributed by atoms with Crippen LogP contribution in [-0.4, -0.2) is 36.0 Å². The summed E-state index contributed by atoms with van der Waals surface area (Å²) >= 11 is 0. The summed E-state index contributed by atoms with van der Waals surface area (Å²) in [6.45, 7) is 7.45. The molecule has 164 valence electrons. The molecule has 1 saturated heterocycles. The number of urea groups is 1. The molecule has 3 amide bonds. The first-order chi connectivity index (χ1) is 14.7. The Morgan fingerprint density at radius 1 is 1.13 bits per heavy atom. The van der Waals surface area contributed by atoms with E-state index in [1.165, 1.54) is 4.90 Å². The number of nitrogens with one attached hydrogen (secondary N) is 1. The number of methoxy groups -OCH3 is 1. The summed E-state index contributed by atoms with van der Waals surface area (Å²) in [6.07, 6.45) is 0.210. The Morgan fingerprint density at radius 2 is 1.81 bits per heavy atom. The lowest BCUT2D eigenvalue weighted by atomic mass is 9.86. The van der Waals surface area contributed by atoms with E-state index in [1.54, 1.807) is 51.3 Å². The molecular formula is C24H28N2O5. The van der Waals surface area contributed by atoms with Crippen molar-refractivity contribution in [3.8, 4) is 5.75 Å². The Balaban J connectivity index is 1.82. The molecule has 7 heteroatoms. The van der Waals surface area contributed by atoms with Crippen LogP contribution in [0, 0.1) is 6.92 Å². The minimum absolute atomic E-state index is 0.112. The molecule has 0 bridgehead atoms. The Morgan fingerprint density at radius 3 is 2.35 bits per heavy atom. The number of nitrogens with zero attached hydrogens (tertiary/aromatic N) is 1. The van der Waals surface area contributed by atoms with Crippen molar-refractivity contribution in [2.24, 2.45) is 0 Å². The summed E-state index contributed by atoms with van der Waals surface area (Å²) in [5.74, 6) is 0.0176. The van der Waals surface area contributed by atoms with Gasteiger partial charge in [0.1, 0.15) is 11.3 Å². The number of hydrogen-bond donors (Lipinski definition) is 1. The van der Waals surface area contributed by atoms with Gasteiger partial charge in [-0.2, -0.15) is 0 Å². The van der Waals surface area contributed by atoms with Gasteiger partial charge in [-0.1, -0.05) is 25.1 Å². The van der Waals surface area contributed by atoms with E-state index in [2.05, 4.69) is 5.32 Å². The SMILES string of the molecule is CCC1(c2ccc(OC)c(C)c2)NC(=O)N(Cc2ccc(C(=O)OC(C)C)cc2)C1=O. The highest BCUT2D eigenvalue weighted by Crippen LogP contribution is 2.35. The number of carbonyl (C=O) groups is 3. The predicted molar refractivity (Wildman–Crippen MR) is 116 cm³/mol. The number of carbonyl (C=O) groups excluding carboxylic acids is 3. The molecule has 1 unspecified atom stereocenters. The molecule has 3 rings (SSSR count). The van der Waals surface area contributed by atoms with Crippen molar-refractivity contribution in [1.82, 2.24) is 10.2 Å². The molecule has 0 saturated carbocycles. The number of esters is 1. The molecule has 1 N–H and O–H groups in total. The Hall–Kier alpha value is -3.35. The molecule has 0 radical (unpaired) electrons. The third-order valence-corrected chi connectivity index (χ3v) is 5.47. The Labute approximate surface area is 182 Å². The smallest absolute Gasteiger partial charge is 0.338 e. The molecule has 1 heterocycles. The third-order valence-electron chi connectivity index (χ3n) is 5.47. The maximum absolute atomic E-state index is 13.4. The van der Waals surface area contributed by atoms with Crippen molar-refractivity contribution in [3.05, 3.63) is 64.7 Å². The third kappa shape index (κ3) is 4.26. The molecule has 1 aliphatic heterocycles. The molecule has 1 aliphatic rings. The van der Waals surface area contributed by atoms with Gasteiger partial charge in [0.25, 0.3) is 5.91 Å². The van der Waals surface area contributed by atoms with Crippen molar-refractivity contribution in [2.45, 2.75) is 52.3 Å². The van der Waals surface area contributed by atoms with Crippen LogP contribution in [0.4, 0.5) is 4.79 Å². The molecule has 1 atom stereocenters. The zero-order valence-electron chi connectivity index (χ0n) is 18.5. The normalized spacial score (nSPS) is 18.3. The van der Waals surface area contributed by atoms with Gasteiger partial charge < -0.3 is 14.8 Å².